The molecule has 2 aliphatic rings. The first kappa shape index (κ1) is 12.1. The molecule has 5 heteroatoms. The Morgan fingerprint density at radius 1 is 1.30 bits per heavy atom. The van der Waals surface area contributed by atoms with Crippen LogP contribution in [0.4, 0.5) is 0 Å². The topological polar surface area (TPSA) is 49.0 Å². The number of nitrogens with zero attached hydrogens (tertiary/aromatic N) is 2. The lowest BCUT2D eigenvalue weighted by Crippen LogP contribution is -2.36. The average molecular weight is 287 g/mol. The summed E-state index contributed by atoms with van der Waals surface area (Å²) in [6, 6.07) is 2.14. The van der Waals surface area contributed by atoms with Gasteiger partial charge in [-0.1, -0.05) is 0 Å². The van der Waals surface area contributed by atoms with Crippen molar-refractivity contribution in [3.05, 3.63) is 38.8 Å². The number of aromatic nitrogens is 2. The maximum absolute atomic E-state index is 12.7. The summed E-state index contributed by atoms with van der Waals surface area (Å²) < 4.78 is 0. The number of fused-ring (bicyclic) bond motifs is 2. The van der Waals surface area contributed by atoms with Gasteiger partial charge in [-0.15, -0.1) is 11.3 Å². The number of amides is 1. The molecule has 0 saturated heterocycles. The first-order chi connectivity index (χ1) is 9.83. The fourth-order valence-corrected chi connectivity index (χ4v) is 4.12. The normalized spacial score (nSPS) is 17.7. The van der Waals surface area contributed by atoms with Gasteiger partial charge in [0.15, 0.2) is 5.69 Å². The zero-order valence-electron chi connectivity index (χ0n) is 11.3. The lowest BCUT2D eigenvalue weighted by Gasteiger charge is -2.26. The number of hydrogen-bond acceptors (Lipinski definition) is 3. The van der Waals surface area contributed by atoms with Crippen LogP contribution in [0.1, 0.15) is 45.0 Å². The summed E-state index contributed by atoms with van der Waals surface area (Å²) in [6.45, 7) is 1.55. The van der Waals surface area contributed by atoms with E-state index in [9.17, 15) is 4.79 Å². The molecule has 0 aromatic carbocycles. The van der Waals surface area contributed by atoms with Crippen LogP contribution in [0.2, 0.25) is 0 Å². The van der Waals surface area contributed by atoms with E-state index in [0.29, 0.717) is 5.69 Å². The van der Waals surface area contributed by atoms with E-state index in [0.717, 1.165) is 37.9 Å². The molecular formula is C15H17N3OS. The molecule has 2 aromatic rings. The van der Waals surface area contributed by atoms with Gasteiger partial charge in [0.25, 0.3) is 5.91 Å². The van der Waals surface area contributed by atoms with Crippen LogP contribution in [0.15, 0.2) is 11.4 Å². The SMILES string of the molecule is O=C(c1n[nH]c2c1CCCC2)N1CCc2sccc2C1. The van der Waals surface area contributed by atoms with Gasteiger partial charge >= 0.3 is 0 Å². The minimum atomic E-state index is 0.0984. The number of thiophene rings is 1. The smallest absolute Gasteiger partial charge is 0.274 e. The molecule has 1 amide bonds. The summed E-state index contributed by atoms with van der Waals surface area (Å²) in [5, 5.41) is 9.49. The monoisotopic (exact) mass is 287 g/mol. The number of nitrogens with one attached hydrogen (secondary N) is 1. The molecule has 4 rings (SSSR count). The minimum absolute atomic E-state index is 0.0984. The van der Waals surface area contributed by atoms with Gasteiger partial charge in [0.1, 0.15) is 0 Å². The molecular weight excluding hydrogens is 270 g/mol. The van der Waals surface area contributed by atoms with E-state index in [1.54, 1.807) is 11.3 Å². The summed E-state index contributed by atoms with van der Waals surface area (Å²) in [5.74, 6) is 0.0984. The van der Waals surface area contributed by atoms with Gasteiger partial charge in [-0.2, -0.15) is 5.10 Å². The second-order valence-electron chi connectivity index (χ2n) is 5.58. The Kier molecular flexibility index (Phi) is 2.88. The number of rotatable bonds is 1. The largest absolute Gasteiger partial charge is 0.333 e. The van der Waals surface area contributed by atoms with Crippen molar-refractivity contribution in [3.8, 4) is 0 Å². The van der Waals surface area contributed by atoms with Crippen LogP contribution in [0.5, 0.6) is 0 Å². The van der Waals surface area contributed by atoms with E-state index in [1.165, 1.54) is 29.0 Å². The van der Waals surface area contributed by atoms with Crippen LogP contribution in [-0.4, -0.2) is 27.5 Å². The van der Waals surface area contributed by atoms with Crippen molar-refractivity contribution in [3.63, 3.8) is 0 Å². The molecule has 0 radical (unpaired) electrons. The second kappa shape index (κ2) is 4.74. The molecule has 104 valence electrons. The van der Waals surface area contributed by atoms with Gasteiger partial charge in [-0.25, -0.2) is 0 Å². The number of carbonyl (C=O) groups excluding carboxylic acids is 1. The number of carbonyl (C=O) groups is 1. The number of aryl methyl sites for hydroxylation is 1. The Labute approximate surface area is 121 Å². The van der Waals surface area contributed by atoms with Gasteiger partial charge in [0.05, 0.1) is 0 Å². The Morgan fingerprint density at radius 3 is 3.15 bits per heavy atom. The molecule has 0 bridgehead atoms. The molecule has 0 saturated carbocycles. The van der Waals surface area contributed by atoms with Crippen LogP contribution >= 0.6 is 11.3 Å². The van der Waals surface area contributed by atoms with Crippen LogP contribution in [0.3, 0.4) is 0 Å². The fraction of sp³-hybridized carbons (Fsp3) is 0.467. The highest BCUT2D eigenvalue weighted by molar-refractivity contribution is 7.10. The van der Waals surface area contributed by atoms with Crippen LogP contribution < -0.4 is 0 Å². The van der Waals surface area contributed by atoms with Crippen molar-refractivity contribution in [2.75, 3.05) is 6.54 Å². The van der Waals surface area contributed by atoms with E-state index in [1.807, 2.05) is 4.90 Å². The van der Waals surface area contributed by atoms with Crippen molar-refractivity contribution in [1.82, 2.24) is 15.1 Å². The maximum atomic E-state index is 12.7. The lowest BCUT2D eigenvalue weighted by molar-refractivity contribution is 0.0728. The molecule has 0 spiro atoms. The van der Waals surface area contributed by atoms with Gasteiger partial charge in [-0.3, -0.25) is 9.89 Å². The highest BCUT2D eigenvalue weighted by Gasteiger charge is 2.28. The highest BCUT2D eigenvalue weighted by Crippen LogP contribution is 2.27. The van der Waals surface area contributed by atoms with E-state index in [2.05, 4.69) is 21.6 Å². The Bertz CT molecular complexity index is 658. The third-order valence-electron chi connectivity index (χ3n) is 4.35. The molecule has 1 N–H and O–H groups in total. The molecule has 4 nitrogen and oxygen atoms in total. The van der Waals surface area contributed by atoms with Crippen molar-refractivity contribution in [2.45, 2.75) is 38.6 Å². The molecule has 0 fully saturated rings. The molecule has 0 atom stereocenters. The number of H-pyrrole nitrogens is 1. The predicted molar refractivity (Wildman–Crippen MR) is 78.0 cm³/mol. The summed E-state index contributed by atoms with van der Waals surface area (Å²) in [6.07, 6.45) is 5.37. The fourth-order valence-electron chi connectivity index (χ4n) is 3.23. The standard InChI is InChI=1S/C15H17N3OS/c19-15(14-11-3-1-2-4-12(11)16-17-14)18-7-5-13-10(9-18)6-8-20-13/h6,8H,1-5,7,9H2,(H,16,17). The van der Waals surface area contributed by atoms with Gasteiger partial charge in [-0.05, 0) is 49.1 Å². The van der Waals surface area contributed by atoms with Crippen molar-refractivity contribution in [2.24, 2.45) is 0 Å². The minimum Gasteiger partial charge on any atom is -0.333 e. The second-order valence-corrected chi connectivity index (χ2v) is 6.58. The molecule has 1 aliphatic carbocycles. The van der Waals surface area contributed by atoms with E-state index >= 15 is 0 Å². The summed E-state index contributed by atoms with van der Waals surface area (Å²) in [7, 11) is 0. The van der Waals surface area contributed by atoms with Crippen LogP contribution in [-0.2, 0) is 25.8 Å². The Hall–Kier alpha value is -1.62. The zero-order valence-corrected chi connectivity index (χ0v) is 12.1. The predicted octanol–water partition coefficient (Wildman–Crippen LogP) is 2.55. The third kappa shape index (κ3) is 1.88. The van der Waals surface area contributed by atoms with Gasteiger partial charge < -0.3 is 4.90 Å². The molecule has 2 aromatic heterocycles. The van der Waals surface area contributed by atoms with Crippen molar-refractivity contribution in [1.29, 1.82) is 0 Å². The maximum Gasteiger partial charge on any atom is 0.274 e. The summed E-state index contributed by atoms with van der Waals surface area (Å²) in [5.41, 5.74) is 4.31. The Morgan fingerprint density at radius 2 is 2.20 bits per heavy atom. The molecule has 0 unspecified atom stereocenters. The highest BCUT2D eigenvalue weighted by atomic mass is 32.1. The van der Waals surface area contributed by atoms with E-state index in [-0.39, 0.29) is 5.91 Å². The number of aromatic amines is 1. The summed E-state index contributed by atoms with van der Waals surface area (Å²) in [4.78, 5) is 16.1. The van der Waals surface area contributed by atoms with Crippen LogP contribution in [0.25, 0.3) is 0 Å². The lowest BCUT2D eigenvalue weighted by atomic mass is 9.95. The first-order valence-electron chi connectivity index (χ1n) is 7.23. The molecule has 3 heterocycles. The Balaban J connectivity index is 1.61. The number of hydrogen-bond donors (Lipinski definition) is 1. The zero-order chi connectivity index (χ0) is 13.5. The van der Waals surface area contributed by atoms with Crippen molar-refractivity contribution >= 4 is 17.2 Å². The van der Waals surface area contributed by atoms with E-state index in [4.69, 9.17) is 0 Å². The molecule has 1 aliphatic heterocycles. The van der Waals surface area contributed by atoms with Gasteiger partial charge in [0.2, 0.25) is 0 Å². The average Bonchev–Trinajstić information content (AvgIpc) is 3.12. The summed E-state index contributed by atoms with van der Waals surface area (Å²) >= 11 is 1.80. The van der Waals surface area contributed by atoms with Gasteiger partial charge in [0, 0.05) is 29.2 Å². The third-order valence-corrected chi connectivity index (χ3v) is 5.38. The van der Waals surface area contributed by atoms with Crippen molar-refractivity contribution < 1.29 is 4.79 Å². The molecule has 20 heavy (non-hydrogen) atoms. The van der Waals surface area contributed by atoms with E-state index < -0.39 is 0 Å². The first-order valence-corrected chi connectivity index (χ1v) is 8.11. The quantitative estimate of drug-likeness (QED) is 0.876. The van der Waals surface area contributed by atoms with Crippen LogP contribution in [0, 0.1) is 0 Å².